The van der Waals surface area contributed by atoms with Crippen LogP contribution in [0.3, 0.4) is 0 Å². The summed E-state index contributed by atoms with van der Waals surface area (Å²) in [5.41, 5.74) is 3.34. The normalized spacial score (nSPS) is 14.7. The van der Waals surface area contributed by atoms with E-state index in [1.54, 1.807) is 23.9 Å². The first-order valence-corrected chi connectivity index (χ1v) is 9.44. The van der Waals surface area contributed by atoms with Crippen LogP contribution in [0, 0.1) is 5.82 Å². The van der Waals surface area contributed by atoms with Crippen molar-refractivity contribution >= 4 is 0 Å². The molecule has 0 bridgehead atoms. The van der Waals surface area contributed by atoms with E-state index in [0.717, 1.165) is 42.1 Å². The highest BCUT2D eigenvalue weighted by molar-refractivity contribution is 5.63. The highest BCUT2D eigenvalue weighted by Crippen LogP contribution is 2.34. The second-order valence-electron chi connectivity index (χ2n) is 7.02. The third kappa shape index (κ3) is 3.73. The largest absolute Gasteiger partial charge is 0.493 e. The second kappa shape index (κ2) is 8.02. The minimum absolute atomic E-state index is 0.251. The molecule has 0 amide bonds. The van der Waals surface area contributed by atoms with E-state index < -0.39 is 0 Å². The van der Waals surface area contributed by atoms with E-state index in [2.05, 4.69) is 16.1 Å². The van der Waals surface area contributed by atoms with Crippen molar-refractivity contribution in [2.24, 2.45) is 7.05 Å². The molecule has 0 N–H and O–H groups in total. The van der Waals surface area contributed by atoms with E-state index in [9.17, 15) is 4.39 Å². The number of methoxy groups -OCH3 is 1. The molecule has 0 unspecified atom stereocenters. The van der Waals surface area contributed by atoms with Crippen LogP contribution in [-0.2, 0) is 20.1 Å². The molecule has 0 fully saturated rings. The molecule has 0 aliphatic carbocycles. The number of halogens is 1. The van der Waals surface area contributed by atoms with E-state index in [1.807, 2.05) is 31.4 Å². The molecule has 0 saturated carbocycles. The fourth-order valence-corrected chi connectivity index (χ4v) is 3.70. The zero-order chi connectivity index (χ0) is 19.5. The van der Waals surface area contributed by atoms with Gasteiger partial charge in [-0.1, -0.05) is 24.3 Å². The molecule has 146 valence electrons. The molecule has 0 radical (unpaired) electrons. The third-order valence-corrected chi connectivity index (χ3v) is 4.97. The van der Waals surface area contributed by atoms with Crippen molar-refractivity contribution in [3.05, 3.63) is 65.6 Å². The molecule has 1 aliphatic rings. The lowest BCUT2D eigenvalue weighted by molar-refractivity contribution is 0.195. The average molecular weight is 381 g/mol. The molecule has 4 rings (SSSR count). The van der Waals surface area contributed by atoms with Crippen LogP contribution in [0.1, 0.15) is 17.5 Å². The second-order valence-corrected chi connectivity index (χ2v) is 7.02. The summed E-state index contributed by atoms with van der Waals surface area (Å²) in [6, 6.07) is 12.8. The summed E-state index contributed by atoms with van der Waals surface area (Å²) in [6.07, 6.45) is 2.89. The van der Waals surface area contributed by atoms with Crippen molar-refractivity contribution < 1.29 is 13.9 Å². The van der Waals surface area contributed by atoms with Gasteiger partial charge in [-0.3, -0.25) is 9.58 Å². The number of hydrogen-bond acceptors (Lipinski definition) is 4. The molecule has 28 heavy (non-hydrogen) atoms. The van der Waals surface area contributed by atoms with Crippen LogP contribution >= 0.6 is 0 Å². The number of aryl methyl sites for hydroxylation is 1. The number of hydrogen-bond donors (Lipinski definition) is 0. The molecule has 2 heterocycles. The Balaban J connectivity index is 1.64. The number of nitrogens with zero attached hydrogens (tertiary/aromatic N) is 3. The van der Waals surface area contributed by atoms with Crippen LogP contribution < -0.4 is 9.47 Å². The number of ether oxygens (including phenoxy) is 2. The first-order chi connectivity index (χ1) is 13.7. The monoisotopic (exact) mass is 381 g/mol. The Bertz CT molecular complexity index is 970. The molecule has 5 nitrogen and oxygen atoms in total. The molecule has 0 saturated heterocycles. The topological polar surface area (TPSA) is 39.5 Å². The van der Waals surface area contributed by atoms with Crippen molar-refractivity contribution in [3.8, 4) is 22.8 Å². The van der Waals surface area contributed by atoms with Crippen molar-refractivity contribution in [2.75, 3.05) is 20.3 Å². The Morgan fingerprint density at radius 1 is 1.18 bits per heavy atom. The van der Waals surface area contributed by atoms with Gasteiger partial charge in [0, 0.05) is 49.6 Å². The van der Waals surface area contributed by atoms with E-state index in [-0.39, 0.29) is 5.82 Å². The quantitative estimate of drug-likeness (QED) is 0.684. The summed E-state index contributed by atoms with van der Waals surface area (Å²) in [6.45, 7) is 2.95. The SMILES string of the molecule is COc1cccc2c1OCCCN(Cc1cn(C)nc1-c1ccccc1F)C2. The molecule has 1 aromatic heterocycles. The minimum Gasteiger partial charge on any atom is -0.493 e. The number of rotatable bonds is 4. The van der Waals surface area contributed by atoms with Gasteiger partial charge in [0.2, 0.25) is 0 Å². The maximum Gasteiger partial charge on any atom is 0.165 e. The molecule has 6 heteroatoms. The van der Waals surface area contributed by atoms with Crippen LogP contribution in [0.15, 0.2) is 48.7 Å². The summed E-state index contributed by atoms with van der Waals surface area (Å²) in [4.78, 5) is 2.35. The Morgan fingerprint density at radius 3 is 2.86 bits per heavy atom. The van der Waals surface area contributed by atoms with Crippen molar-refractivity contribution in [1.29, 1.82) is 0 Å². The highest BCUT2D eigenvalue weighted by atomic mass is 19.1. The Labute approximate surface area is 164 Å². The third-order valence-electron chi connectivity index (χ3n) is 4.97. The average Bonchev–Trinajstić information content (AvgIpc) is 3.03. The minimum atomic E-state index is -0.251. The highest BCUT2D eigenvalue weighted by Gasteiger charge is 2.20. The maximum atomic E-state index is 14.3. The maximum absolute atomic E-state index is 14.3. The van der Waals surface area contributed by atoms with Crippen LogP contribution in [0.25, 0.3) is 11.3 Å². The summed E-state index contributed by atoms with van der Waals surface area (Å²) in [5, 5.41) is 4.53. The summed E-state index contributed by atoms with van der Waals surface area (Å²) in [5.74, 6) is 1.32. The van der Waals surface area contributed by atoms with Gasteiger partial charge < -0.3 is 9.47 Å². The molecular formula is C22H24FN3O2. The fourth-order valence-electron chi connectivity index (χ4n) is 3.70. The first-order valence-electron chi connectivity index (χ1n) is 9.44. The zero-order valence-electron chi connectivity index (χ0n) is 16.2. The molecule has 0 spiro atoms. The molecule has 0 atom stereocenters. The fraction of sp³-hybridized carbons (Fsp3) is 0.318. The standard InChI is InChI=1S/C22H24FN3O2/c1-25-13-17(21(24-25)18-8-3-4-9-19(18)23)15-26-11-6-12-28-22-16(14-26)7-5-10-20(22)27-2/h3-5,7-10,13H,6,11-12,14-15H2,1-2H3. The van der Waals surface area contributed by atoms with E-state index in [4.69, 9.17) is 9.47 Å². The van der Waals surface area contributed by atoms with Gasteiger partial charge >= 0.3 is 0 Å². The molecule has 3 aromatic rings. The lowest BCUT2D eigenvalue weighted by Gasteiger charge is -2.27. The van der Waals surface area contributed by atoms with Gasteiger partial charge in [-0.25, -0.2) is 4.39 Å². The molecular weight excluding hydrogens is 357 g/mol. The van der Waals surface area contributed by atoms with E-state index >= 15 is 0 Å². The van der Waals surface area contributed by atoms with Crippen molar-refractivity contribution in [3.63, 3.8) is 0 Å². The van der Waals surface area contributed by atoms with E-state index in [0.29, 0.717) is 24.4 Å². The summed E-state index contributed by atoms with van der Waals surface area (Å²) < 4.78 is 27.5. The Morgan fingerprint density at radius 2 is 2.04 bits per heavy atom. The number of para-hydroxylation sites is 1. The lowest BCUT2D eigenvalue weighted by Crippen LogP contribution is -2.27. The predicted molar refractivity (Wildman–Crippen MR) is 106 cm³/mol. The number of aromatic nitrogens is 2. The zero-order valence-corrected chi connectivity index (χ0v) is 16.2. The van der Waals surface area contributed by atoms with Gasteiger partial charge in [0.25, 0.3) is 0 Å². The molecule has 1 aliphatic heterocycles. The number of benzene rings is 2. The van der Waals surface area contributed by atoms with Crippen molar-refractivity contribution in [1.82, 2.24) is 14.7 Å². The smallest absolute Gasteiger partial charge is 0.165 e. The predicted octanol–water partition coefficient (Wildman–Crippen LogP) is 4.02. The van der Waals surface area contributed by atoms with Gasteiger partial charge in [-0.15, -0.1) is 0 Å². The van der Waals surface area contributed by atoms with Crippen LogP contribution in [0.2, 0.25) is 0 Å². The van der Waals surface area contributed by atoms with E-state index in [1.165, 1.54) is 6.07 Å². The van der Waals surface area contributed by atoms with Crippen LogP contribution in [0.5, 0.6) is 11.5 Å². The first kappa shape index (κ1) is 18.5. The van der Waals surface area contributed by atoms with Crippen molar-refractivity contribution in [2.45, 2.75) is 19.5 Å². The Hall–Kier alpha value is -2.86. The lowest BCUT2D eigenvalue weighted by atomic mass is 10.1. The van der Waals surface area contributed by atoms with Gasteiger partial charge in [0.15, 0.2) is 11.5 Å². The Kier molecular flexibility index (Phi) is 5.30. The number of fused-ring (bicyclic) bond motifs is 1. The molecule has 2 aromatic carbocycles. The van der Waals surface area contributed by atoms with Gasteiger partial charge in [-0.2, -0.15) is 5.10 Å². The van der Waals surface area contributed by atoms with Gasteiger partial charge in [0.1, 0.15) is 5.82 Å². The summed E-state index contributed by atoms with van der Waals surface area (Å²) >= 11 is 0. The van der Waals surface area contributed by atoms with Crippen LogP contribution in [0.4, 0.5) is 4.39 Å². The van der Waals surface area contributed by atoms with Gasteiger partial charge in [-0.05, 0) is 24.6 Å². The summed E-state index contributed by atoms with van der Waals surface area (Å²) in [7, 11) is 3.53. The van der Waals surface area contributed by atoms with Crippen LogP contribution in [-0.4, -0.2) is 34.9 Å². The van der Waals surface area contributed by atoms with Gasteiger partial charge in [0.05, 0.1) is 19.4 Å².